The predicted octanol–water partition coefficient (Wildman–Crippen LogP) is 4.79. The van der Waals surface area contributed by atoms with Crippen LogP contribution in [0.4, 0.5) is 13.2 Å². The largest absolute Gasteiger partial charge is 0.416 e. The number of benzene rings is 2. The Morgan fingerprint density at radius 3 is 2.57 bits per heavy atom. The first kappa shape index (κ1) is 20.1. The maximum atomic E-state index is 12.7. The van der Waals surface area contributed by atoms with Crippen LogP contribution in [0.5, 0.6) is 0 Å². The number of hydrazone groups is 1. The molecule has 1 aromatic heterocycles. The highest BCUT2D eigenvalue weighted by molar-refractivity contribution is 14.1. The highest BCUT2D eigenvalue weighted by Crippen LogP contribution is 2.29. The molecule has 0 fully saturated rings. The fraction of sp³-hybridized carbons (Fsp3) is 0.100. The number of hydrogen-bond acceptors (Lipinski definition) is 2. The van der Waals surface area contributed by atoms with E-state index in [-0.39, 0.29) is 12.0 Å². The van der Waals surface area contributed by atoms with Crippen molar-refractivity contribution < 1.29 is 18.0 Å². The molecular formula is C20H15F3IN3O. The molecule has 0 bridgehead atoms. The number of carbonyl (C=O) groups excluding carboxylic acids is 1. The molecule has 1 amide bonds. The quantitative estimate of drug-likeness (QED) is 0.308. The predicted molar refractivity (Wildman–Crippen MR) is 109 cm³/mol. The average Bonchev–Trinajstić information content (AvgIpc) is 3.10. The van der Waals surface area contributed by atoms with E-state index >= 15 is 0 Å². The van der Waals surface area contributed by atoms with E-state index in [1.165, 1.54) is 18.3 Å². The molecule has 1 heterocycles. The Morgan fingerprint density at radius 1 is 1.11 bits per heavy atom. The Hall–Kier alpha value is -2.62. The van der Waals surface area contributed by atoms with Crippen molar-refractivity contribution in [2.45, 2.75) is 12.6 Å². The van der Waals surface area contributed by atoms with Gasteiger partial charge >= 0.3 is 6.18 Å². The lowest BCUT2D eigenvalue weighted by atomic mass is 10.1. The molecule has 0 aliphatic heterocycles. The number of rotatable bonds is 5. The number of nitrogens with one attached hydrogen (secondary N) is 1. The summed E-state index contributed by atoms with van der Waals surface area (Å²) >= 11 is 2.22. The number of amides is 1. The molecule has 0 saturated carbocycles. The lowest BCUT2D eigenvalue weighted by Gasteiger charge is -2.08. The van der Waals surface area contributed by atoms with E-state index in [1.54, 1.807) is 0 Å². The van der Waals surface area contributed by atoms with E-state index in [2.05, 4.69) is 33.1 Å². The second-order valence-electron chi connectivity index (χ2n) is 5.95. The Morgan fingerprint density at radius 2 is 1.86 bits per heavy atom. The normalized spacial score (nSPS) is 11.7. The van der Waals surface area contributed by atoms with Crippen molar-refractivity contribution in [2.75, 3.05) is 0 Å². The topological polar surface area (TPSA) is 46.4 Å². The van der Waals surface area contributed by atoms with Crippen molar-refractivity contribution in [1.82, 2.24) is 9.99 Å². The van der Waals surface area contributed by atoms with E-state index in [9.17, 15) is 18.0 Å². The van der Waals surface area contributed by atoms with E-state index in [0.717, 1.165) is 27.1 Å². The van der Waals surface area contributed by atoms with Gasteiger partial charge in [0.1, 0.15) is 0 Å². The summed E-state index contributed by atoms with van der Waals surface area (Å²) < 4.78 is 41.2. The molecule has 3 rings (SSSR count). The molecule has 28 heavy (non-hydrogen) atoms. The average molecular weight is 497 g/mol. The Balaban J connectivity index is 1.64. The first-order chi connectivity index (χ1) is 13.3. The maximum Gasteiger partial charge on any atom is 0.416 e. The molecule has 0 aliphatic rings. The first-order valence-electron chi connectivity index (χ1n) is 8.24. The van der Waals surface area contributed by atoms with Crippen LogP contribution in [0, 0.1) is 3.57 Å². The molecule has 0 saturated heterocycles. The maximum absolute atomic E-state index is 12.7. The van der Waals surface area contributed by atoms with Gasteiger partial charge in [0.2, 0.25) is 5.91 Å². The van der Waals surface area contributed by atoms with E-state index in [1.807, 2.05) is 47.2 Å². The summed E-state index contributed by atoms with van der Waals surface area (Å²) in [5, 5.41) is 3.92. The molecule has 0 spiro atoms. The van der Waals surface area contributed by atoms with Gasteiger partial charge in [-0.3, -0.25) is 4.79 Å². The highest BCUT2D eigenvalue weighted by Gasteiger charge is 2.30. The number of hydrogen-bond donors (Lipinski definition) is 1. The monoisotopic (exact) mass is 497 g/mol. The van der Waals surface area contributed by atoms with Crippen LogP contribution in [0.2, 0.25) is 0 Å². The zero-order valence-electron chi connectivity index (χ0n) is 14.4. The third-order valence-corrected chi connectivity index (χ3v) is 4.61. The van der Waals surface area contributed by atoms with E-state index < -0.39 is 17.6 Å². The van der Waals surface area contributed by atoms with Crippen molar-refractivity contribution in [3.8, 4) is 5.69 Å². The molecule has 3 aromatic rings. The van der Waals surface area contributed by atoms with Gasteiger partial charge in [0.05, 0.1) is 23.9 Å². The molecular weight excluding hydrogens is 482 g/mol. The van der Waals surface area contributed by atoms with Gasteiger partial charge in [0.25, 0.3) is 0 Å². The van der Waals surface area contributed by atoms with Crippen LogP contribution in [-0.2, 0) is 17.4 Å². The van der Waals surface area contributed by atoms with E-state index in [0.29, 0.717) is 0 Å². The van der Waals surface area contributed by atoms with Gasteiger partial charge in [-0.25, -0.2) is 5.43 Å². The Bertz CT molecular complexity index is 994. The molecule has 2 aromatic carbocycles. The van der Waals surface area contributed by atoms with Crippen LogP contribution in [0.1, 0.15) is 16.8 Å². The standard InChI is InChI=1S/C20H15F3IN3O/c21-20(22,23)15-4-1-3-14(11-15)12-19(28)26-25-13-18-5-2-10-27(18)17-8-6-16(24)7-9-17/h1-11,13H,12H2,(H,26,28)/b25-13+. The summed E-state index contributed by atoms with van der Waals surface area (Å²) in [5.74, 6) is -0.497. The Kier molecular flexibility index (Phi) is 6.18. The molecule has 8 heteroatoms. The summed E-state index contributed by atoms with van der Waals surface area (Å²) in [6, 6.07) is 16.3. The van der Waals surface area contributed by atoms with Crippen molar-refractivity contribution in [2.24, 2.45) is 5.10 Å². The molecule has 0 radical (unpaired) electrons. The molecule has 0 aliphatic carbocycles. The molecule has 0 atom stereocenters. The zero-order chi connectivity index (χ0) is 20.1. The van der Waals surface area contributed by atoms with Crippen molar-refractivity contribution in [3.63, 3.8) is 0 Å². The van der Waals surface area contributed by atoms with Crippen LogP contribution in [-0.4, -0.2) is 16.7 Å². The fourth-order valence-corrected chi connectivity index (χ4v) is 2.95. The summed E-state index contributed by atoms with van der Waals surface area (Å²) in [6.45, 7) is 0. The van der Waals surface area contributed by atoms with Crippen LogP contribution in [0.25, 0.3) is 5.69 Å². The van der Waals surface area contributed by atoms with E-state index in [4.69, 9.17) is 0 Å². The fourth-order valence-electron chi connectivity index (χ4n) is 2.59. The molecule has 4 nitrogen and oxygen atoms in total. The highest BCUT2D eigenvalue weighted by atomic mass is 127. The van der Waals surface area contributed by atoms with Gasteiger partial charge in [-0.1, -0.05) is 18.2 Å². The summed E-state index contributed by atoms with van der Waals surface area (Å²) in [4.78, 5) is 12.0. The number of aromatic nitrogens is 1. The van der Waals surface area contributed by atoms with Crippen LogP contribution >= 0.6 is 22.6 Å². The second-order valence-corrected chi connectivity index (χ2v) is 7.19. The Labute approximate surface area is 173 Å². The van der Waals surface area contributed by atoms with Crippen molar-refractivity contribution >= 4 is 34.7 Å². The second kappa shape index (κ2) is 8.59. The number of alkyl halides is 3. The van der Waals surface area contributed by atoms with Gasteiger partial charge in [-0.05, 0) is 70.6 Å². The number of halogens is 4. The van der Waals surface area contributed by atoms with Gasteiger partial charge in [0.15, 0.2) is 0 Å². The van der Waals surface area contributed by atoms with Crippen molar-refractivity contribution in [1.29, 1.82) is 0 Å². The molecule has 0 unspecified atom stereocenters. The lowest BCUT2D eigenvalue weighted by molar-refractivity contribution is -0.137. The van der Waals surface area contributed by atoms with Crippen LogP contribution < -0.4 is 5.43 Å². The number of nitrogens with zero attached hydrogens (tertiary/aromatic N) is 2. The minimum Gasteiger partial charge on any atom is -0.316 e. The summed E-state index contributed by atoms with van der Waals surface area (Å²) in [5.41, 5.74) is 3.53. The SMILES string of the molecule is O=C(Cc1cccc(C(F)(F)F)c1)N/N=C/c1cccn1-c1ccc(I)cc1. The third kappa shape index (κ3) is 5.22. The smallest absolute Gasteiger partial charge is 0.316 e. The summed E-state index contributed by atoms with van der Waals surface area (Å²) in [6.07, 6.45) is -1.28. The van der Waals surface area contributed by atoms with Gasteiger partial charge in [-0.2, -0.15) is 18.3 Å². The van der Waals surface area contributed by atoms with Gasteiger partial charge < -0.3 is 4.57 Å². The minimum atomic E-state index is -4.44. The van der Waals surface area contributed by atoms with Crippen LogP contribution in [0.15, 0.2) is 72.0 Å². The third-order valence-electron chi connectivity index (χ3n) is 3.89. The zero-order valence-corrected chi connectivity index (χ0v) is 16.6. The van der Waals surface area contributed by atoms with Gasteiger partial charge in [0, 0.05) is 15.5 Å². The lowest BCUT2D eigenvalue weighted by Crippen LogP contribution is -2.20. The molecule has 144 valence electrons. The first-order valence-corrected chi connectivity index (χ1v) is 9.32. The summed E-state index contributed by atoms with van der Waals surface area (Å²) in [7, 11) is 0. The number of carbonyl (C=O) groups is 1. The van der Waals surface area contributed by atoms with Crippen molar-refractivity contribution in [3.05, 3.63) is 87.3 Å². The minimum absolute atomic E-state index is 0.195. The molecule has 1 N–H and O–H groups in total. The van der Waals surface area contributed by atoms with Crippen LogP contribution in [0.3, 0.4) is 0 Å². The van der Waals surface area contributed by atoms with Gasteiger partial charge in [-0.15, -0.1) is 0 Å².